The van der Waals surface area contributed by atoms with Gasteiger partial charge in [-0.05, 0) is 18.5 Å². The van der Waals surface area contributed by atoms with Gasteiger partial charge in [0.2, 0.25) is 0 Å². The van der Waals surface area contributed by atoms with E-state index in [0.29, 0.717) is 12.3 Å². The van der Waals surface area contributed by atoms with Crippen molar-refractivity contribution in [3.05, 3.63) is 24.3 Å². The maximum atomic E-state index is 7.56. The normalized spacial score (nSPS) is 9.80. The molecule has 0 aliphatic rings. The molecule has 0 fully saturated rings. The van der Waals surface area contributed by atoms with Crippen molar-refractivity contribution in [1.82, 2.24) is 0 Å². The molecule has 5 nitrogen and oxygen atoms in total. The smallest absolute Gasteiger partial charge is 0.274 e. The van der Waals surface area contributed by atoms with Gasteiger partial charge in [-0.2, -0.15) is 0 Å². The number of nitrogens with one attached hydrogen (secondary N) is 1. The molecule has 0 saturated carbocycles. The maximum Gasteiger partial charge on any atom is 0.314 e. The van der Waals surface area contributed by atoms with Crippen LogP contribution in [-0.4, -0.2) is 25.6 Å². The molecule has 0 amide bonds. The van der Waals surface area contributed by atoms with Gasteiger partial charge in [0.25, 0.3) is 0 Å². The number of benzene rings is 1. The zero-order chi connectivity index (χ0) is 11.3. The fourth-order valence-electron chi connectivity index (χ4n) is 1.26. The topological polar surface area (TPSA) is 48.6 Å². The molecule has 1 rings (SSSR count). The second-order valence-electron chi connectivity index (χ2n) is 2.88. The van der Waals surface area contributed by atoms with Crippen LogP contribution >= 0.6 is 0 Å². The summed E-state index contributed by atoms with van der Waals surface area (Å²) in [6.45, 7) is 2.49. The van der Waals surface area contributed by atoms with E-state index in [9.17, 15) is 0 Å². The van der Waals surface area contributed by atoms with Crippen molar-refractivity contribution in [2.45, 2.75) is 6.92 Å². The summed E-state index contributed by atoms with van der Waals surface area (Å²) in [7, 11) is 3.25. The van der Waals surface area contributed by atoms with E-state index in [2.05, 4.69) is 0 Å². The van der Waals surface area contributed by atoms with Crippen molar-refractivity contribution in [3.63, 3.8) is 0 Å². The molecule has 0 aliphatic heterocycles. The van der Waals surface area contributed by atoms with Gasteiger partial charge in [-0.1, -0.05) is 12.1 Å². The van der Waals surface area contributed by atoms with Gasteiger partial charge in [0.15, 0.2) is 7.11 Å². The zero-order valence-corrected chi connectivity index (χ0v) is 9.23. The fraction of sp³-hybridized carbons (Fsp3) is 0.400. The summed E-state index contributed by atoms with van der Waals surface area (Å²) in [5.74, 6) is 0. The van der Waals surface area contributed by atoms with Crippen molar-refractivity contribution in [2.24, 2.45) is 0 Å². The minimum atomic E-state index is 0.579. The van der Waals surface area contributed by atoms with E-state index in [4.69, 9.17) is 15.2 Å². The summed E-state index contributed by atoms with van der Waals surface area (Å²) in [6.07, 6.45) is 0. The Bertz CT molecular complexity index is 341. The molecule has 0 unspecified atom stereocenters. The maximum absolute atomic E-state index is 7.56. The molecule has 0 saturated heterocycles. The Morgan fingerprint density at radius 2 is 2.07 bits per heavy atom. The molecule has 0 atom stereocenters. The van der Waals surface area contributed by atoms with E-state index in [0.717, 1.165) is 10.5 Å². The molecule has 0 aliphatic carbocycles. The molecule has 82 valence electrons. The molecule has 0 spiro atoms. The molecule has 1 aromatic rings. The first kappa shape index (κ1) is 11.5. The van der Waals surface area contributed by atoms with Gasteiger partial charge in [0.1, 0.15) is 10.5 Å². The first-order valence-corrected chi connectivity index (χ1v) is 4.71. The summed E-state index contributed by atoms with van der Waals surface area (Å²) in [5, 5.41) is 1.62. The summed E-state index contributed by atoms with van der Waals surface area (Å²) < 4.78 is 0. The molecule has 0 aromatic heterocycles. The van der Waals surface area contributed by atoms with Gasteiger partial charge in [-0.3, -0.25) is 9.90 Å². The van der Waals surface area contributed by atoms with Crippen LogP contribution in [0.1, 0.15) is 6.92 Å². The van der Waals surface area contributed by atoms with Crippen molar-refractivity contribution < 1.29 is 14.5 Å². The lowest BCUT2D eigenvalue weighted by molar-refractivity contribution is -0.786. The number of hydrogen-bond acceptors (Lipinski definition) is 4. The summed E-state index contributed by atoms with van der Waals surface area (Å²) in [4.78, 5) is 11.1. The number of hydroxylamine groups is 1. The summed E-state index contributed by atoms with van der Waals surface area (Å²) in [5.41, 5.74) is 8.98. The highest BCUT2D eigenvalue weighted by atomic mass is 16.7. The van der Waals surface area contributed by atoms with Gasteiger partial charge in [-0.25, -0.2) is 4.84 Å². The lowest BCUT2D eigenvalue weighted by Gasteiger charge is -2.16. The molecule has 0 bridgehead atoms. The molecular formula is C10H16N3O2+. The number of anilines is 1. The minimum absolute atomic E-state index is 0.579. The average molecular weight is 210 g/mol. The monoisotopic (exact) mass is 210 g/mol. The number of nitrogens with zero attached hydrogens (tertiary/aromatic N) is 2. The van der Waals surface area contributed by atoms with Crippen molar-refractivity contribution in [3.8, 4) is 0 Å². The molecule has 5 heteroatoms. The first-order valence-electron chi connectivity index (χ1n) is 4.71. The van der Waals surface area contributed by atoms with Crippen LogP contribution in [-0.2, 0) is 9.68 Å². The van der Waals surface area contributed by atoms with Gasteiger partial charge in [0.05, 0.1) is 6.61 Å². The highest BCUT2D eigenvalue weighted by Gasteiger charge is 2.19. The minimum Gasteiger partial charge on any atom is -0.274 e. The third kappa shape index (κ3) is 2.66. The van der Waals surface area contributed by atoms with Crippen molar-refractivity contribution >= 4 is 11.4 Å². The molecule has 1 aromatic carbocycles. The van der Waals surface area contributed by atoms with Gasteiger partial charge in [-0.15, -0.1) is 0 Å². The Balaban J connectivity index is 3.00. The van der Waals surface area contributed by atoms with E-state index in [1.54, 1.807) is 18.2 Å². The fourth-order valence-corrected chi connectivity index (χ4v) is 1.26. The van der Waals surface area contributed by atoms with Gasteiger partial charge >= 0.3 is 5.69 Å². The third-order valence-corrected chi connectivity index (χ3v) is 1.95. The molecule has 1 N–H and O–H groups in total. The van der Waals surface area contributed by atoms with Crippen LogP contribution < -0.4 is 5.06 Å². The van der Waals surface area contributed by atoms with Crippen LogP contribution in [0, 0.1) is 5.53 Å². The van der Waals surface area contributed by atoms with Crippen LogP contribution in [0.5, 0.6) is 0 Å². The van der Waals surface area contributed by atoms with Crippen molar-refractivity contribution in [1.29, 1.82) is 5.53 Å². The summed E-state index contributed by atoms with van der Waals surface area (Å²) >= 11 is 0. The molecule has 0 heterocycles. The highest BCUT2D eigenvalue weighted by Crippen LogP contribution is 2.26. The second kappa shape index (κ2) is 5.31. The van der Waals surface area contributed by atoms with E-state index >= 15 is 0 Å². The predicted molar refractivity (Wildman–Crippen MR) is 56.1 cm³/mol. The van der Waals surface area contributed by atoms with Crippen LogP contribution in [0.4, 0.5) is 11.4 Å². The molecular weight excluding hydrogens is 194 g/mol. The SMILES string of the molecule is CCON(C)c1ccccc1[N+](=N)OC. The number of hydrogen-bond donors (Lipinski definition) is 1. The van der Waals surface area contributed by atoms with Crippen LogP contribution in [0.25, 0.3) is 0 Å². The van der Waals surface area contributed by atoms with E-state index < -0.39 is 0 Å². The largest absolute Gasteiger partial charge is 0.314 e. The van der Waals surface area contributed by atoms with Crippen LogP contribution in [0.3, 0.4) is 0 Å². The lowest BCUT2D eigenvalue weighted by Crippen LogP contribution is -2.19. The average Bonchev–Trinajstić information content (AvgIpc) is 2.28. The number of rotatable bonds is 5. The van der Waals surface area contributed by atoms with Crippen LogP contribution in [0.15, 0.2) is 24.3 Å². The predicted octanol–water partition coefficient (Wildman–Crippen LogP) is 2.31. The molecule has 15 heavy (non-hydrogen) atoms. The Kier molecular flexibility index (Phi) is 4.05. The van der Waals surface area contributed by atoms with Gasteiger partial charge < -0.3 is 0 Å². The Labute approximate surface area is 89.2 Å². The zero-order valence-electron chi connectivity index (χ0n) is 9.23. The first-order chi connectivity index (χ1) is 7.20. The lowest BCUT2D eigenvalue weighted by atomic mass is 10.3. The van der Waals surface area contributed by atoms with E-state index in [1.807, 2.05) is 25.1 Å². The van der Waals surface area contributed by atoms with Gasteiger partial charge in [0, 0.05) is 13.1 Å². The second-order valence-corrected chi connectivity index (χ2v) is 2.88. The Morgan fingerprint density at radius 3 is 2.67 bits per heavy atom. The third-order valence-electron chi connectivity index (χ3n) is 1.95. The Morgan fingerprint density at radius 1 is 1.40 bits per heavy atom. The standard InChI is InChI=1S/C10H16N3O2/c1-4-15-12(2)9-7-5-6-8-10(9)13(11)14-3/h5-8,11H,4H2,1-3H3/q+1. The van der Waals surface area contributed by atoms with Crippen LogP contribution in [0.2, 0.25) is 0 Å². The van der Waals surface area contributed by atoms with E-state index in [-0.39, 0.29) is 0 Å². The quantitative estimate of drug-likeness (QED) is 0.461. The molecule has 0 radical (unpaired) electrons. The summed E-state index contributed by atoms with van der Waals surface area (Å²) in [6, 6.07) is 7.39. The number of para-hydroxylation sites is 2. The van der Waals surface area contributed by atoms with E-state index in [1.165, 1.54) is 7.11 Å². The van der Waals surface area contributed by atoms with Crippen molar-refractivity contribution in [2.75, 3.05) is 25.8 Å². The highest BCUT2D eigenvalue weighted by molar-refractivity contribution is 5.60. The Hall–Kier alpha value is -1.62.